The second-order valence-electron chi connectivity index (χ2n) is 1.09. The van der Waals surface area contributed by atoms with Gasteiger partial charge in [-0.05, 0) is 0 Å². The van der Waals surface area contributed by atoms with Gasteiger partial charge in [-0.15, -0.1) is 10.1 Å². The van der Waals surface area contributed by atoms with E-state index in [1.807, 2.05) is 0 Å². The summed E-state index contributed by atoms with van der Waals surface area (Å²) in [5.41, 5.74) is 8.50. The van der Waals surface area contributed by atoms with Crippen LogP contribution in [0.1, 0.15) is 0 Å². The van der Waals surface area contributed by atoms with Crippen molar-refractivity contribution in [3.05, 3.63) is 10.1 Å². The van der Waals surface area contributed by atoms with E-state index < -0.39 is 21.5 Å². The van der Waals surface area contributed by atoms with E-state index in [0.717, 1.165) is 0 Å². The van der Waals surface area contributed by atoms with Crippen LogP contribution in [0.15, 0.2) is 0 Å². The molecule has 0 aliphatic rings. The molecule has 0 aliphatic carbocycles. The van der Waals surface area contributed by atoms with Crippen LogP contribution in [0, 0.1) is 10.1 Å². The van der Waals surface area contributed by atoms with E-state index in [1.54, 1.807) is 0 Å². The Morgan fingerprint density at radius 2 is 1.12 bits per heavy atom. The molecule has 15 heteroatoms. The zero-order chi connectivity index (χ0) is 11.7. The topological polar surface area (TPSA) is 312 Å². The van der Waals surface area contributed by atoms with Gasteiger partial charge in [0.1, 0.15) is 0 Å². The molecule has 0 fully saturated rings. The summed E-state index contributed by atoms with van der Waals surface area (Å²) in [7, 11) is -4.67. The molecule has 0 saturated carbocycles. The van der Waals surface area contributed by atoms with Crippen LogP contribution < -0.4 is 29.9 Å². The molecule has 104 valence electrons. The lowest BCUT2D eigenvalue weighted by atomic mass is 11.2. The van der Waals surface area contributed by atoms with Gasteiger partial charge in [0.05, 0.1) is 0 Å². The second-order valence-corrected chi connectivity index (χ2v) is 1.98. The van der Waals surface area contributed by atoms with Crippen molar-refractivity contribution in [2.45, 2.75) is 0 Å². The van der Waals surface area contributed by atoms with Gasteiger partial charge in [0, 0.05) is 0 Å². The molecule has 16 N–H and O–H groups in total. The number of urea groups is 1. The van der Waals surface area contributed by atoms with E-state index in [9.17, 15) is 0 Å². The number of carbonyl (C=O) groups excluding carboxylic acids is 1. The zero-order valence-electron chi connectivity index (χ0n) is 8.01. The number of nitrogens with two attached hydrogens (primary N) is 2. The monoisotopic (exact) mass is 272 g/mol. The molecule has 0 aromatic rings. The number of rotatable bonds is 0. The Hall–Kier alpha value is -1.78. The molecule has 0 heterocycles. The van der Waals surface area contributed by atoms with Gasteiger partial charge in [0.2, 0.25) is 0 Å². The highest BCUT2D eigenvalue weighted by molar-refractivity contribution is 7.79. The van der Waals surface area contributed by atoms with Gasteiger partial charge in [-0.1, -0.05) is 0 Å². The smallest absolute Gasteiger partial charge is 0.352 e. The SMILES string of the molecule is N.N.N.NC(N)=O.O=S(=O)(O)O.O=[N+]([O-])O. The lowest BCUT2D eigenvalue weighted by Crippen LogP contribution is -2.18. The number of carbonyl (C=O) groups is 1. The summed E-state index contributed by atoms with van der Waals surface area (Å²) in [6, 6.07) is -0.833. The standard InChI is InChI=1S/CH4N2O.HNO3.3H3N.H2O4S/c2*2-1(3)4;;;;1-5(2,3)4/h(H4,2,3,4);(H,2,3,4);3*1H3;(H2,1,2,3,4). The van der Waals surface area contributed by atoms with Crippen molar-refractivity contribution < 1.29 is 32.6 Å². The maximum absolute atomic E-state index is 9.00. The minimum Gasteiger partial charge on any atom is -0.352 e. The summed E-state index contributed by atoms with van der Waals surface area (Å²) >= 11 is 0. The average Bonchev–Trinajstić information content (AvgIpc) is 1.50. The molecular formula is CH16N6O8S. The number of hydrogen-bond acceptors (Lipinski definition) is 8. The second kappa shape index (κ2) is 18.9. The third-order valence-corrected chi connectivity index (χ3v) is 0. The van der Waals surface area contributed by atoms with Crippen molar-refractivity contribution in [2.75, 3.05) is 0 Å². The van der Waals surface area contributed by atoms with Gasteiger partial charge in [-0.25, -0.2) is 4.79 Å². The summed E-state index contributed by atoms with van der Waals surface area (Å²) in [6.07, 6.45) is 0. The Labute approximate surface area is 90.0 Å². The maximum Gasteiger partial charge on any atom is 0.394 e. The van der Waals surface area contributed by atoms with Crippen LogP contribution in [0.4, 0.5) is 4.79 Å². The fourth-order valence-electron chi connectivity index (χ4n) is 0. The summed E-state index contributed by atoms with van der Waals surface area (Å²) in [5.74, 6) is 0. The lowest BCUT2D eigenvalue weighted by molar-refractivity contribution is -0.742. The first-order chi connectivity index (χ1) is 5.46. The van der Waals surface area contributed by atoms with Crippen molar-refractivity contribution >= 4 is 16.4 Å². The molecule has 0 radical (unpaired) electrons. The number of primary amides is 2. The van der Waals surface area contributed by atoms with E-state index in [0.29, 0.717) is 0 Å². The molecule has 0 aromatic heterocycles. The highest BCUT2D eigenvalue weighted by atomic mass is 32.3. The number of nitrogens with zero attached hydrogens (tertiary/aromatic N) is 1. The Morgan fingerprint density at radius 1 is 1.12 bits per heavy atom. The van der Waals surface area contributed by atoms with Crippen molar-refractivity contribution in [3.63, 3.8) is 0 Å². The number of hydrogen-bond donors (Lipinski definition) is 8. The minimum atomic E-state index is -4.67. The summed E-state index contributed by atoms with van der Waals surface area (Å²) < 4.78 is 31.6. The quantitative estimate of drug-likeness (QED) is 0.142. The maximum atomic E-state index is 9.00. The van der Waals surface area contributed by atoms with E-state index in [-0.39, 0.29) is 18.5 Å². The van der Waals surface area contributed by atoms with Gasteiger partial charge in [0.15, 0.2) is 0 Å². The predicted octanol–water partition coefficient (Wildman–Crippen LogP) is -1.49. The molecule has 14 nitrogen and oxygen atoms in total. The number of amides is 2. The van der Waals surface area contributed by atoms with Crippen LogP contribution in [-0.4, -0.2) is 33.8 Å². The Kier molecular flexibility index (Phi) is 43.4. The molecule has 0 saturated heterocycles. The fourth-order valence-corrected chi connectivity index (χ4v) is 0. The van der Waals surface area contributed by atoms with Crippen LogP contribution in [0.5, 0.6) is 0 Å². The Bertz CT molecular complexity index is 219. The molecule has 0 aromatic carbocycles. The van der Waals surface area contributed by atoms with E-state index in [1.165, 1.54) is 0 Å². The lowest BCUT2D eigenvalue weighted by Gasteiger charge is -1.68. The van der Waals surface area contributed by atoms with Crippen molar-refractivity contribution in [1.82, 2.24) is 18.5 Å². The van der Waals surface area contributed by atoms with Gasteiger partial charge in [-0.2, -0.15) is 8.42 Å². The highest BCUT2D eigenvalue weighted by Crippen LogP contribution is 1.59. The Morgan fingerprint density at radius 3 is 1.12 bits per heavy atom. The molecule has 2 amide bonds. The van der Waals surface area contributed by atoms with E-state index in [2.05, 4.69) is 11.5 Å². The minimum absolute atomic E-state index is 0. The molecule has 0 spiro atoms. The third kappa shape index (κ3) is 486. The summed E-state index contributed by atoms with van der Waals surface area (Å²) in [5, 5.41) is 13.6. The summed E-state index contributed by atoms with van der Waals surface area (Å²) in [6.45, 7) is 0. The third-order valence-electron chi connectivity index (χ3n) is 0. The zero-order valence-corrected chi connectivity index (χ0v) is 8.83. The molecule has 0 rings (SSSR count). The molecular weight excluding hydrogens is 256 g/mol. The van der Waals surface area contributed by atoms with Gasteiger partial charge < -0.3 is 35.1 Å². The first-order valence-electron chi connectivity index (χ1n) is 2.05. The van der Waals surface area contributed by atoms with E-state index >= 15 is 0 Å². The van der Waals surface area contributed by atoms with Gasteiger partial charge in [0.25, 0.3) is 5.09 Å². The van der Waals surface area contributed by atoms with Crippen molar-refractivity contribution in [1.29, 1.82) is 0 Å². The highest BCUT2D eigenvalue weighted by Gasteiger charge is 1.84. The Balaban J connectivity index is -0.0000000216. The van der Waals surface area contributed by atoms with Crippen LogP contribution in [0.2, 0.25) is 0 Å². The fraction of sp³-hybridized carbons (Fsp3) is 0. The average molecular weight is 272 g/mol. The molecule has 0 unspecified atom stereocenters. The first-order valence-corrected chi connectivity index (χ1v) is 3.44. The molecule has 0 bridgehead atoms. The normalized spacial score (nSPS) is 6.62. The van der Waals surface area contributed by atoms with E-state index in [4.69, 9.17) is 37.6 Å². The van der Waals surface area contributed by atoms with Gasteiger partial charge in [-0.3, -0.25) is 9.11 Å². The van der Waals surface area contributed by atoms with Crippen LogP contribution >= 0.6 is 0 Å². The van der Waals surface area contributed by atoms with Crippen molar-refractivity contribution in [3.8, 4) is 0 Å². The largest absolute Gasteiger partial charge is 0.394 e. The van der Waals surface area contributed by atoms with Gasteiger partial charge >= 0.3 is 16.4 Å². The molecule has 0 atom stereocenters. The molecule has 16 heavy (non-hydrogen) atoms. The predicted molar refractivity (Wildman–Crippen MR) is 51.8 cm³/mol. The first kappa shape index (κ1) is 36.8. The van der Waals surface area contributed by atoms with Crippen LogP contribution in [0.25, 0.3) is 0 Å². The van der Waals surface area contributed by atoms with Crippen LogP contribution in [-0.2, 0) is 10.4 Å². The van der Waals surface area contributed by atoms with Crippen molar-refractivity contribution in [2.24, 2.45) is 11.5 Å². The summed E-state index contributed by atoms with van der Waals surface area (Å²) in [4.78, 5) is 17.4. The molecule has 0 aliphatic heterocycles. The van der Waals surface area contributed by atoms with Crippen LogP contribution in [0.3, 0.4) is 0 Å².